The Bertz CT molecular complexity index is 700. The highest BCUT2D eigenvalue weighted by Gasteiger charge is 2.73. The summed E-state index contributed by atoms with van der Waals surface area (Å²) in [5, 5.41) is 1.90. The van der Waals surface area contributed by atoms with Gasteiger partial charge in [-0.3, -0.25) is 9.63 Å². The number of hydroxylamine groups is 2. The number of rotatable bonds is 3. The number of nitrogens with zero attached hydrogens (tertiary/aromatic N) is 2. The van der Waals surface area contributed by atoms with Crippen molar-refractivity contribution in [2.24, 2.45) is 5.92 Å². The number of fused-ring (bicyclic) bond motifs is 2. The first kappa shape index (κ1) is 16.6. The molecule has 4 heterocycles. The van der Waals surface area contributed by atoms with Gasteiger partial charge < -0.3 is 19.1 Å². The number of amides is 1. The van der Waals surface area contributed by atoms with E-state index in [4.69, 9.17) is 19.0 Å². The minimum Gasteiger partial charge on any atom is -0.366 e. The number of hydrogen-bond acceptors (Lipinski definition) is 6. The molecule has 0 N–H and O–H groups in total. The Morgan fingerprint density at radius 2 is 2.12 bits per heavy atom. The maximum atomic E-state index is 12.4. The average Bonchev–Trinajstić information content (AvgIpc) is 3.30. The molecule has 2 bridgehead atoms. The van der Waals surface area contributed by atoms with Crippen molar-refractivity contribution in [3.8, 4) is 0 Å². The van der Waals surface area contributed by atoms with Gasteiger partial charge in [-0.05, 0) is 5.56 Å². The Kier molecular flexibility index (Phi) is 3.84. The molecule has 7 heteroatoms. The van der Waals surface area contributed by atoms with E-state index in [9.17, 15) is 4.79 Å². The number of benzene rings is 1. The van der Waals surface area contributed by atoms with Crippen LogP contribution in [0.2, 0.25) is 0 Å². The molecule has 0 radical (unpaired) electrons. The molecule has 0 aromatic heterocycles. The molecule has 4 aliphatic heterocycles. The maximum absolute atomic E-state index is 12.4. The molecule has 6 atom stereocenters. The number of hydrogen-bond donors (Lipinski definition) is 0. The van der Waals surface area contributed by atoms with Crippen molar-refractivity contribution in [1.82, 2.24) is 9.96 Å². The topological polar surface area (TPSA) is 60.5 Å². The summed E-state index contributed by atoms with van der Waals surface area (Å²) in [7, 11) is 1.94. The molecule has 0 aliphatic carbocycles. The van der Waals surface area contributed by atoms with Crippen LogP contribution in [-0.4, -0.2) is 72.8 Å². The molecule has 1 spiro atoms. The van der Waals surface area contributed by atoms with Gasteiger partial charge in [0.1, 0.15) is 17.7 Å². The third-order valence-electron chi connectivity index (χ3n) is 6.39. The molecule has 7 nitrogen and oxygen atoms in total. The van der Waals surface area contributed by atoms with E-state index in [2.05, 4.69) is 0 Å². The Labute approximate surface area is 152 Å². The van der Waals surface area contributed by atoms with Gasteiger partial charge in [0.25, 0.3) is 0 Å². The highest BCUT2D eigenvalue weighted by molar-refractivity contribution is 5.74. The second kappa shape index (κ2) is 6.00. The van der Waals surface area contributed by atoms with Crippen LogP contribution in [0.25, 0.3) is 0 Å². The third kappa shape index (κ3) is 2.15. The molecular weight excluding hydrogens is 336 g/mol. The van der Waals surface area contributed by atoms with Gasteiger partial charge in [0, 0.05) is 26.4 Å². The summed E-state index contributed by atoms with van der Waals surface area (Å²) in [6.45, 7) is 3.84. The Balaban J connectivity index is 1.50. The van der Waals surface area contributed by atoms with Crippen molar-refractivity contribution in [2.75, 3.05) is 26.8 Å². The fourth-order valence-electron chi connectivity index (χ4n) is 5.28. The summed E-state index contributed by atoms with van der Waals surface area (Å²) in [4.78, 5) is 20.2. The smallest absolute Gasteiger partial charge is 0.219 e. The minimum absolute atomic E-state index is 0.0618. The van der Waals surface area contributed by atoms with Gasteiger partial charge in [0.2, 0.25) is 5.91 Å². The summed E-state index contributed by atoms with van der Waals surface area (Å²) in [5.74, 6) is 0.253. The Hall–Kier alpha value is -1.51. The molecule has 4 aliphatic rings. The number of carbonyl (C=O) groups excluding carboxylic acids is 1. The van der Waals surface area contributed by atoms with Crippen LogP contribution in [0.4, 0.5) is 0 Å². The lowest BCUT2D eigenvalue weighted by Gasteiger charge is -2.49. The quantitative estimate of drug-likeness (QED) is 0.794. The van der Waals surface area contributed by atoms with E-state index >= 15 is 0 Å². The first-order chi connectivity index (χ1) is 12.6. The molecule has 26 heavy (non-hydrogen) atoms. The second-order valence-electron chi connectivity index (χ2n) is 7.58. The van der Waals surface area contributed by atoms with Crippen LogP contribution in [0.15, 0.2) is 30.3 Å². The zero-order chi connectivity index (χ0) is 17.9. The molecule has 4 saturated heterocycles. The summed E-state index contributed by atoms with van der Waals surface area (Å²) in [5.41, 5.74) is 0.668. The minimum atomic E-state index is -0.450. The predicted octanol–water partition coefficient (Wildman–Crippen LogP) is 0.790. The summed E-state index contributed by atoms with van der Waals surface area (Å²) in [6.07, 6.45) is -0.920. The SMILES string of the molecule is CC(=O)N1C[C@@H]2CON(C)[C@@]23[C@@H]2CO[C@H](O2)[C@@H](OCc2ccccc2)[C@@H]13. The maximum Gasteiger partial charge on any atom is 0.219 e. The van der Waals surface area contributed by atoms with Crippen molar-refractivity contribution in [1.29, 1.82) is 0 Å². The fourth-order valence-corrected chi connectivity index (χ4v) is 5.28. The fraction of sp³-hybridized carbons (Fsp3) is 0.632. The highest BCUT2D eigenvalue weighted by Crippen LogP contribution is 2.53. The highest BCUT2D eigenvalue weighted by atomic mass is 16.8. The van der Waals surface area contributed by atoms with E-state index in [0.717, 1.165) is 5.56 Å². The van der Waals surface area contributed by atoms with E-state index in [0.29, 0.717) is 26.4 Å². The zero-order valence-electron chi connectivity index (χ0n) is 15.0. The zero-order valence-corrected chi connectivity index (χ0v) is 15.0. The Morgan fingerprint density at radius 3 is 2.88 bits per heavy atom. The lowest BCUT2D eigenvalue weighted by molar-refractivity contribution is -0.263. The molecule has 1 aromatic carbocycles. The van der Waals surface area contributed by atoms with E-state index in [1.807, 2.05) is 47.3 Å². The van der Waals surface area contributed by atoms with Crippen LogP contribution in [0, 0.1) is 5.92 Å². The first-order valence-electron chi connectivity index (χ1n) is 9.19. The van der Waals surface area contributed by atoms with Crippen LogP contribution >= 0.6 is 0 Å². The van der Waals surface area contributed by atoms with Gasteiger partial charge in [-0.1, -0.05) is 30.3 Å². The van der Waals surface area contributed by atoms with Crippen LogP contribution < -0.4 is 0 Å². The molecular formula is C19H24N2O5. The van der Waals surface area contributed by atoms with E-state index in [-0.39, 0.29) is 30.1 Å². The normalized spacial score (nSPS) is 41.3. The lowest BCUT2D eigenvalue weighted by atomic mass is 9.74. The van der Waals surface area contributed by atoms with Gasteiger partial charge in [0.15, 0.2) is 6.29 Å². The average molecular weight is 360 g/mol. The number of likely N-dealkylation sites (tertiary alicyclic amines) is 1. The molecule has 5 rings (SSSR count). The van der Waals surface area contributed by atoms with Crippen molar-refractivity contribution in [3.05, 3.63) is 35.9 Å². The van der Waals surface area contributed by atoms with Gasteiger partial charge in [-0.2, -0.15) is 5.06 Å². The molecule has 4 fully saturated rings. The third-order valence-corrected chi connectivity index (χ3v) is 6.39. The molecule has 0 unspecified atom stereocenters. The standard InChI is InChI=1S/C19H24N2O5/c1-12(22)21-8-14-10-25-20(2)19(14)15-11-24-18(26-15)16(17(19)21)23-9-13-6-4-3-5-7-13/h3-7,14-18H,8-11H2,1-2H3/t14-,15+,16+,17-,18-,19-/m1/s1. The van der Waals surface area contributed by atoms with Crippen LogP contribution in [0.5, 0.6) is 0 Å². The van der Waals surface area contributed by atoms with E-state index in [1.54, 1.807) is 6.92 Å². The van der Waals surface area contributed by atoms with Crippen molar-refractivity contribution < 1.29 is 23.8 Å². The van der Waals surface area contributed by atoms with E-state index in [1.165, 1.54) is 0 Å². The largest absolute Gasteiger partial charge is 0.366 e. The van der Waals surface area contributed by atoms with Gasteiger partial charge in [-0.25, -0.2) is 0 Å². The summed E-state index contributed by atoms with van der Waals surface area (Å²) >= 11 is 0. The Morgan fingerprint density at radius 1 is 1.31 bits per heavy atom. The van der Waals surface area contributed by atoms with Gasteiger partial charge >= 0.3 is 0 Å². The number of likely N-dealkylation sites (N-methyl/N-ethyl adjacent to an activating group) is 1. The molecule has 140 valence electrons. The number of carbonyl (C=O) groups is 1. The van der Waals surface area contributed by atoms with Crippen LogP contribution in [0.1, 0.15) is 12.5 Å². The van der Waals surface area contributed by atoms with Gasteiger partial charge in [-0.15, -0.1) is 0 Å². The monoisotopic (exact) mass is 360 g/mol. The lowest BCUT2D eigenvalue weighted by Crippen LogP contribution is -2.70. The number of ether oxygens (including phenoxy) is 3. The molecule has 0 saturated carbocycles. The predicted molar refractivity (Wildman–Crippen MR) is 90.7 cm³/mol. The van der Waals surface area contributed by atoms with E-state index < -0.39 is 11.8 Å². The van der Waals surface area contributed by atoms with Crippen LogP contribution in [0.3, 0.4) is 0 Å². The summed E-state index contributed by atoms with van der Waals surface area (Å²) < 4.78 is 18.5. The second-order valence-corrected chi connectivity index (χ2v) is 7.58. The van der Waals surface area contributed by atoms with Crippen LogP contribution in [-0.2, 0) is 30.4 Å². The molecule has 1 amide bonds. The molecule has 1 aromatic rings. The van der Waals surface area contributed by atoms with Crippen molar-refractivity contribution in [2.45, 2.75) is 43.6 Å². The van der Waals surface area contributed by atoms with Crippen molar-refractivity contribution in [3.63, 3.8) is 0 Å². The first-order valence-corrected chi connectivity index (χ1v) is 9.19. The van der Waals surface area contributed by atoms with Crippen molar-refractivity contribution >= 4 is 5.91 Å². The summed E-state index contributed by atoms with van der Waals surface area (Å²) in [6, 6.07) is 9.88. The van der Waals surface area contributed by atoms with Gasteiger partial charge in [0.05, 0.1) is 25.9 Å².